The molecule has 0 bridgehead atoms. The van der Waals surface area contributed by atoms with Crippen LogP contribution in [-0.4, -0.2) is 104 Å². The first-order valence-electron chi connectivity index (χ1n) is 13.4. The molecular weight excluding hydrogens is 536 g/mol. The Balaban J connectivity index is 0.000000663. The van der Waals surface area contributed by atoms with Gasteiger partial charge in [-0.2, -0.15) is 0 Å². The zero-order valence-electron chi connectivity index (χ0n) is 23.0. The molecule has 1 fully saturated rings. The molecule has 0 aromatic heterocycles. The number of carboxylic acids is 2. The standard InChI is InChI=1S/C27H35ClN4O2.C2H2O4/c1-29(2)13-7-15-32-25-12-11-21(28)20-24(25)26(33)23(27(32)34)10-6-14-30-16-18-31(19-17-30)22-8-4-3-5-9-22;3-1(4)2(5)6/h3-5,8-9,11-12,20,23H,6-7,10,13-19H2,1-2H3;(H,3,4)(H,5,6). The fourth-order valence-electron chi connectivity index (χ4n) is 4.97. The van der Waals surface area contributed by atoms with Crippen molar-refractivity contribution in [1.29, 1.82) is 0 Å². The molecule has 40 heavy (non-hydrogen) atoms. The van der Waals surface area contributed by atoms with E-state index in [1.54, 1.807) is 17.0 Å². The van der Waals surface area contributed by atoms with Crippen LogP contribution in [0.5, 0.6) is 0 Å². The predicted octanol–water partition coefficient (Wildman–Crippen LogP) is 3.20. The number of benzene rings is 2. The lowest BCUT2D eigenvalue weighted by molar-refractivity contribution is -0.159. The fourth-order valence-corrected chi connectivity index (χ4v) is 5.14. The number of nitrogens with zero attached hydrogens (tertiary/aromatic N) is 4. The van der Waals surface area contributed by atoms with Crippen molar-refractivity contribution in [1.82, 2.24) is 9.80 Å². The Morgan fingerprint density at radius 3 is 2.17 bits per heavy atom. The number of ketones is 1. The Morgan fingerprint density at radius 1 is 0.925 bits per heavy atom. The molecule has 0 radical (unpaired) electrons. The van der Waals surface area contributed by atoms with E-state index in [9.17, 15) is 9.59 Å². The van der Waals surface area contributed by atoms with Gasteiger partial charge >= 0.3 is 11.9 Å². The van der Waals surface area contributed by atoms with E-state index >= 15 is 0 Å². The van der Waals surface area contributed by atoms with Crippen LogP contribution in [0.15, 0.2) is 48.5 Å². The maximum Gasteiger partial charge on any atom is 0.414 e. The first kappa shape index (κ1) is 31.1. The number of carboxylic acid groups (broad SMARTS) is 2. The number of carbonyl (C=O) groups is 4. The molecule has 1 atom stereocenters. The number of piperazine rings is 1. The number of anilines is 2. The largest absolute Gasteiger partial charge is 0.473 e. The van der Waals surface area contributed by atoms with E-state index in [4.69, 9.17) is 31.4 Å². The lowest BCUT2D eigenvalue weighted by Gasteiger charge is -2.37. The van der Waals surface area contributed by atoms with E-state index < -0.39 is 17.9 Å². The lowest BCUT2D eigenvalue weighted by Crippen LogP contribution is -2.47. The third-order valence-electron chi connectivity index (χ3n) is 7.03. The third kappa shape index (κ3) is 8.51. The number of aliphatic carboxylic acids is 2. The number of fused-ring (bicyclic) bond motifs is 1. The van der Waals surface area contributed by atoms with Crippen LogP contribution in [0.3, 0.4) is 0 Å². The molecule has 0 spiro atoms. The number of rotatable bonds is 9. The zero-order valence-corrected chi connectivity index (χ0v) is 23.7. The van der Waals surface area contributed by atoms with Gasteiger partial charge in [0.15, 0.2) is 5.78 Å². The third-order valence-corrected chi connectivity index (χ3v) is 7.26. The summed E-state index contributed by atoms with van der Waals surface area (Å²) < 4.78 is 0. The van der Waals surface area contributed by atoms with Gasteiger partial charge in [0.2, 0.25) is 5.91 Å². The molecule has 1 unspecified atom stereocenters. The quantitative estimate of drug-likeness (QED) is 0.344. The second-order valence-electron chi connectivity index (χ2n) is 10.1. The fraction of sp³-hybridized carbons (Fsp3) is 0.448. The van der Waals surface area contributed by atoms with Crippen LogP contribution in [0.4, 0.5) is 11.4 Å². The predicted molar refractivity (Wildman–Crippen MR) is 154 cm³/mol. The highest BCUT2D eigenvalue weighted by Gasteiger charge is 2.39. The van der Waals surface area contributed by atoms with Crippen molar-refractivity contribution >= 4 is 46.6 Å². The summed E-state index contributed by atoms with van der Waals surface area (Å²) in [6, 6.07) is 15.8. The molecule has 2 aromatic rings. The Hall–Kier alpha value is -3.47. The molecule has 216 valence electrons. The van der Waals surface area contributed by atoms with Crippen LogP contribution in [0.2, 0.25) is 5.02 Å². The number of para-hydroxylation sites is 1. The van der Waals surface area contributed by atoms with Crippen LogP contribution in [-0.2, 0) is 14.4 Å². The number of halogens is 1. The lowest BCUT2D eigenvalue weighted by atomic mass is 9.86. The van der Waals surface area contributed by atoms with Gasteiger partial charge in [-0.1, -0.05) is 29.8 Å². The zero-order chi connectivity index (χ0) is 29.2. The number of hydrogen-bond donors (Lipinski definition) is 2. The molecule has 10 nitrogen and oxygen atoms in total. The number of amides is 1. The second kappa shape index (κ2) is 14.8. The van der Waals surface area contributed by atoms with E-state index in [0.717, 1.165) is 52.1 Å². The van der Waals surface area contributed by atoms with Crippen molar-refractivity contribution in [3.05, 3.63) is 59.1 Å². The Bertz CT molecular complexity index is 1170. The molecule has 4 rings (SSSR count). The summed E-state index contributed by atoms with van der Waals surface area (Å²) in [7, 11) is 4.05. The molecule has 0 saturated carbocycles. The highest BCUT2D eigenvalue weighted by atomic mass is 35.5. The SMILES string of the molecule is CN(C)CCCN1C(=O)C(CCCN2CCN(c3ccccc3)CC2)C(=O)c2cc(Cl)ccc21.O=C(O)C(=O)O. The van der Waals surface area contributed by atoms with Crippen LogP contribution in [0.1, 0.15) is 29.6 Å². The van der Waals surface area contributed by atoms with E-state index in [1.165, 1.54) is 5.69 Å². The molecular formula is C29H37ClN4O6. The van der Waals surface area contributed by atoms with E-state index in [0.29, 0.717) is 29.2 Å². The van der Waals surface area contributed by atoms with Crippen molar-refractivity contribution in [2.75, 3.05) is 69.7 Å². The summed E-state index contributed by atoms with van der Waals surface area (Å²) in [5.41, 5.74) is 2.55. The normalized spacial score (nSPS) is 17.4. The summed E-state index contributed by atoms with van der Waals surface area (Å²) in [5, 5.41) is 15.3. The van der Waals surface area contributed by atoms with Gasteiger partial charge in [-0.3, -0.25) is 14.5 Å². The van der Waals surface area contributed by atoms with Gasteiger partial charge < -0.3 is 24.9 Å². The summed E-state index contributed by atoms with van der Waals surface area (Å²) in [4.78, 5) is 53.6. The van der Waals surface area contributed by atoms with Gasteiger partial charge in [-0.15, -0.1) is 0 Å². The van der Waals surface area contributed by atoms with Gasteiger partial charge in [-0.05, 0) is 76.8 Å². The summed E-state index contributed by atoms with van der Waals surface area (Å²) in [6.07, 6.45) is 2.26. The monoisotopic (exact) mass is 572 g/mol. The number of Topliss-reactive ketones (excluding diaryl/α,β-unsaturated/α-hetero) is 1. The van der Waals surface area contributed by atoms with Gasteiger partial charge in [-0.25, -0.2) is 9.59 Å². The van der Waals surface area contributed by atoms with Crippen LogP contribution >= 0.6 is 11.6 Å². The van der Waals surface area contributed by atoms with Crippen molar-refractivity contribution in [3.8, 4) is 0 Å². The smallest absolute Gasteiger partial charge is 0.414 e. The molecule has 1 saturated heterocycles. The summed E-state index contributed by atoms with van der Waals surface area (Å²) in [5.74, 6) is -4.41. The maximum absolute atomic E-state index is 13.4. The maximum atomic E-state index is 13.4. The topological polar surface area (TPSA) is 122 Å². The van der Waals surface area contributed by atoms with E-state index in [1.807, 2.05) is 26.2 Å². The van der Waals surface area contributed by atoms with Crippen LogP contribution in [0.25, 0.3) is 0 Å². The second-order valence-corrected chi connectivity index (χ2v) is 10.6. The molecule has 1 amide bonds. The average molecular weight is 573 g/mol. The van der Waals surface area contributed by atoms with E-state index in [2.05, 4.69) is 39.0 Å². The van der Waals surface area contributed by atoms with Crippen molar-refractivity contribution in [2.24, 2.45) is 5.92 Å². The minimum atomic E-state index is -1.82. The Kier molecular flexibility index (Phi) is 11.5. The molecule has 0 aliphatic carbocycles. The first-order valence-corrected chi connectivity index (χ1v) is 13.7. The molecule has 2 heterocycles. The summed E-state index contributed by atoms with van der Waals surface area (Å²) >= 11 is 6.21. The van der Waals surface area contributed by atoms with Crippen molar-refractivity contribution in [3.63, 3.8) is 0 Å². The Morgan fingerprint density at radius 2 is 1.57 bits per heavy atom. The molecule has 11 heteroatoms. The molecule has 2 N–H and O–H groups in total. The van der Waals surface area contributed by atoms with Crippen LogP contribution in [0, 0.1) is 5.92 Å². The van der Waals surface area contributed by atoms with Gasteiger partial charge in [0.25, 0.3) is 0 Å². The van der Waals surface area contributed by atoms with Gasteiger partial charge in [0.05, 0.1) is 5.69 Å². The highest BCUT2D eigenvalue weighted by molar-refractivity contribution is 6.32. The first-order chi connectivity index (χ1) is 19.1. The highest BCUT2D eigenvalue weighted by Crippen LogP contribution is 2.34. The molecule has 2 aromatic carbocycles. The number of hydrogen-bond acceptors (Lipinski definition) is 7. The van der Waals surface area contributed by atoms with E-state index in [-0.39, 0.29) is 11.7 Å². The van der Waals surface area contributed by atoms with Crippen molar-refractivity contribution < 1.29 is 29.4 Å². The van der Waals surface area contributed by atoms with Crippen LogP contribution < -0.4 is 9.80 Å². The van der Waals surface area contributed by atoms with Gasteiger partial charge in [0.1, 0.15) is 5.92 Å². The van der Waals surface area contributed by atoms with Gasteiger partial charge in [0, 0.05) is 49.0 Å². The number of carbonyl (C=O) groups excluding carboxylic acids is 2. The summed E-state index contributed by atoms with van der Waals surface area (Å²) in [6.45, 7) is 6.39. The average Bonchev–Trinajstić information content (AvgIpc) is 2.93. The Labute approximate surface area is 239 Å². The molecule has 2 aliphatic heterocycles. The molecule has 2 aliphatic rings. The minimum Gasteiger partial charge on any atom is -0.473 e. The minimum absolute atomic E-state index is 0.0625. The van der Waals surface area contributed by atoms with Crippen molar-refractivity contribution in [2.45, 2.75) is 19.3 Å².